The van der Waals surface area contributed by atoms with Crippen molar-refractivity contribution in [2.45, 2.75) is 6.43 Å². The van der Waals surface area contributed by atoms with Crippen molar-refractivity contribution >= 4 is 42.8 Å². The van der Waals surface area contributed by atoms with E-state index in [2.05, 4.69) is 42.1 Å². The molecule has 14 heavy (non-hydrogen) atoms. The second-order valence-corrected chi connectivity index (χ2v) is 4.40. The van der Waals surface area contributed by atoms with Crippen molar-refractivity contribution in [3.63, 3.8) is 0 Å². The standard InChI is InChI=1S/C8H4Br2F2N2/c9-3-1-2-4(10)6-5(3)7(8(11)12)14-13-6/h1-2,8H,(H,13,14). The molecule has 0 saturated carbocycles. The molecule has 0 fully saturated rings. The van der Waals surface area contributed by atoms with Crippen molar-refractivity contribution in [1.29, 1.82) is 0 Å². The Morgan fingerprint density at radius 3 is 2.50 bits per heavy atom. The minimum Gasteiger partial charge on any atom is -0.275 e. The summed E-state index contributed by atoms with van der Waals surface area (Å²) in [5, 5.41) is 6.58. The van der Waals surface area contributed by atoms with Crippen molar-refractivity contribution in [3.05, 3.63) is 26.8 Å². The molecule has 0 bridgehead atoms. The fraction of sp³-hybridized carbons (Fsp3) is 0.125. The molecule has 1 heterocycles. The van der Waals surface area contributed by atoms with Crippen LogP contribution in [0.5, 0.6) is 0 Å². The van der Waals surface area contributed by atoms with Gasteiger partial charge in [0.2, 0.25) is 0 Å². The largest absolute Gasteiger partial charge is 0.280 e. The molecule has 2 nitrogen and oxygen atoms in total. The lowest BCUT2D eigenvalue weighted by atomic mass is 10.2. The molecule has 0 aliphatic heterocycles. The first kappa shape index (κ1) is 10.0. The van der Waals surface area contributed by atoms with Gasteiger partial charge >= 0.3 is 0 Å². The van der Waals surface area contributed by atoms with Gasteiger partial charge < -0.3 is 0 Å². The molecule has 0 aliphatic carbocycles. The summed E-state index contributed by atoms with van der Waals surface area (Å²) in [4.78, 5) is 0. The van der Waals surface area contributed by atoms with Crippen molar-refractivity contribution in [1.82, 2.24) is 10.2 Å². The van der Waals surface area contributed by atoms with E-state index in [9.17, 15) is 8.78 Å². The molecule has 2 aromatic rings. The third kappa shape index (κ3) is 1.46. The molecule has 0 radical (unpaired) electrons. The molecule has 0 atom stereocenters. The van der Waals surface area contributed by atoms with E-state index in [-0.39, 0.29) is 5.69 Å². The summed E-state index contributed by atoms with van der Waals surface area (Å²) in [7, 11) is 0. The Morgan fingerprint density at radius 2 is 1.86 bits per heavy atom. The number of rotatable bonds is 1. The number of hydrogen-bond donors (Lipinski definition) is 1. The molecule has 0 amide bonds. The summed E-state index contributed by atoms with van der Waals surface area (Å²) in [6, 6.07) is 3.45. The van der Waals surface area contributed by atoms with Crippen molar-refractivity contribution in [2.75, 3.05) is 0 Å². The van der Waals surface area contributed by atoms with Crippen LogP contribution in [0.25, 0.3) is 10.9 Å². The van der Waals surface area contributed by atoms with Crippen LogP contribution in [0.2, 0.25) is 0 Å². The molecule has 1 aromatic heterocycles. The quantitative estimate of drug-likeness (QED) is 0.842. The first-order chi connectivity index (χ1) is 6.61. The van der Waals surface area contributed by atoms with E-state index in [4.69, 9.17) is 0 Å². The van der Waals surface area contributed by atoms with Gasteiger partial charge in [0.05, 0.1) is 0 Å². The Labute approximate surface area is 94.9 Å². The monoisotopic (exact) mass is 324 g/mol. The van der Waals surface area contributed by atoms with Crippen LogP contribution < -0.4 is 0 Å². The molecule has 1 N–H and O–H groups in total. The fourth-order valence-electron chi connectivity index (χ4n) is 1.24. The van der Waals surface area contributed by atoms with E-state index in [1.807, 2.05) is 0 Å². The smallest absolute Gasteiger partial charge is 0.275 e. The Hall–Kier alpha value is -0.490. The third-order valence-electron chi connectivity index (χ3n) is 1.85. The zero-order valence-electron chi connectivity index (χ0n) is 6.69. The topological polar surface area (TPSA) is 28.7 Å². The normalized spacial score (nSPS) is 11.5. The van der Waals surface area contributed by atoms with Crippen LogP contribution >= 0.6 is 31.9 Å². The highest BCUT2D eigenvalue weighted by molar-refractivity contribution is 9.11. The molecule has 6 heteroatoms. The molecule has 0 aliphatic rings. The average molecular weight is 326 g/mol. The molecule has 2 rings (SSSR count). The number of nitrogens with zero attached hydrogens (tertiary/aromatic N) is 1. The number of aromatic nitrogens is 2. The van der Waals surface area contributed by atoms with Crippen LogP contribution in [-0.2, 0) is 0 Å². The molecule has 1 aromatic carbocycles. The van der Waals surface area contributed by atoms with Gasteiger partial charge in [-0.2, -0.15) is 5.10 Å². The van der Waals surface area contributed by atoms with Crippen LogP contribution in [0.3, 0.4) is 0 Å². The van der Waals surface area contributed by atoms with Gasteiger partial charge in [-0.3, -0.25) is 5.10 Å². The predicted molar refractivity (Wildman–Crippen MR) is 56.5 cm³/mol. The minimum absolute atomic E-state index is 0.159. The Balaban J connectivity index is 2.84. The minimum atomic E-state index is -2.55. The summed E-state index contributed by atoms with van der Waals surface area (Å²) in [6.07, 6.45) is -2.55. The lowest BCUT2D eigenvalue weighted by Gasteiger charge is -1.98. The van der Waals surface area contributed by atoms with Crippen molar-refractivity contribution < 1.29 is 8.78 Å². The van der Waals surface area contributed by atoms with Gasteiger partial charge in [0, 0.05) is 14.3 Å². The first-order valence-electron chi connectivity index (χ1n) is 3.71. The van der Waals surface area contributed by atoms with E-state index < -0.39 is 6.43 Å². The van der Waals surface area contributed by atoms with E-state index in [0.29, 0.717) is 19.8 Å². The Morgan fingerprint density at radius 1 is 1.21 bits per heavy atom. The number of nitrogens with one attached hydrogen (secondary N) is 1. The van der Waals surface area contributed by atoms with Crippen molar-refractivity contribution in [3.8, 4) is 0 Å². The molecule has 0 unspecified atom stereocenters. The number of benzene rings is 1. The van der Waals surface area contributed by atoms with Gasteiger partial charge in [-0.15, -0.1) is 0 Å². The number of fused-ring (bicyclic) bond motifs is 1. The highest BCUT2D eigenvalue weighted by Gasteiger charge is 2.18. The first-order valence-corrected chi connectivity index (χ1v) is 5.30. The zero-order valence-corrected chi connectivity index (χ0v) is 9.86. The number of hydrogen-bond acceptors (Lipinski definition) is 1. The second-order valence-electron chi connectivity index (χ2n) is 2.69. The summed E-state index contributed by atoms with van der Waals surface area (Å²) < 4.78 is 26.4. The van der Waals surface area contributed by atoms with Crippen LogP contribution in [0.15, 0.2) is 21.1 Å². The number of H-pyrrole nitrogens is 1. The highest BCUT2D eigenvalue weighted by Crippen LogP contribution is 2.34. The SMILES string of the molecule is FC(F)c1[nH]nc2c(Br)ccc(Br)c12. The van der Waals surface area contributed by atoms with Crippen LogP contribution in [0, 0.1) is 0 Å². The highest BCUT2D eigenvalue weighted by atomic mass is 79.9. The van der Waals surface area contributed by atoms with E-state index in [1.165, 1.54) is 0 Å². The maximum atomic E-state index is 12.5. The van der Waals surface area contributed by atoms with Crippen molar-refractivity contribution in [2.24, 2.45) is 0 Å². The number of halogens is 4. The lowest BCUT2D eigenvalue weighted by molar-refractivity contribution is 0.147. The Kier molecular flexibility index (Phi) is 2.57. The summed E-state index contributed by atoms with van der Waals surface area (Å²) in [5.41, 5.74) is 0.350. The maximum Gasteiger partial charge on any atom is 0.280 e. The van der Waals surface area contributed by atoms with E-state index in [1.54, 1.807) is 12.1 Å². The fourth-order valence-corrected chi connectivity index (χ4v) is 2.19. The van der Waals surface area contributed by atoms with Crippen LogP contribution in [0.4, 0.5) is 8.78 Å². The molecular formula is C8H4Br2F2N2. The maximum absolute atomic E-state index is 12.5. The number of aromatic amines is 1. The summed E-state index contributed by atoms with van der Waals surface area (Å²) >= 11 is 6.46. The zero-order chi connectivity index (χ0) is 10.3. The van der Waals surface area contributed by atoms with Crippen LogP contribution in [-0.4, -0.2) is 10.2 Å². The van der Waals surface area contributed by atoms with Gasteiger partial charge in [0.1, 0.15) is 11.2 Å². The van der Waals surface area contributed by atoms with E-state index in [0.717, 1.165) is 0 Å². The molecule has 74 valence electrons. The molecular weight excluding hydrogens is 322 g/mol. The average Bonchev–Trinajstić information content (AvgIpc) is 2.56. The van der Waals surface area contributed by atoms with Gasteiger partial charge in [-0.1, -0.05) is 15.9 Å². The van der Waals surface area contributed by atoms with Gasteiger partial charge in [-0.25, -0.2) is 8.78 Å². The lowest BCUT2D eigenvalue weighted by Crippen LogP contribution is -1.84. The molecule has 0 spiro atoms. The summed E-state index contributed by atoms with van der Waals surface area (Å²) in [5.74, 6) is 0. The number of alkyl halides is 2. The van der Waals surface area contributed by atoms with Gasteiger partial charge in [0.25, 0.3) is 6.43 Å². The summed E-state index contributed by atoms with van der Waals surface area (Å²) in [6.45, 7) is 0. The third-order valence-corrected chi connectivity index (χ3v) is 3.15. The van der Waals surface area contributed by atoms with Gasteiger partial charge in [-0.05, 0) is 28.1 Å². The van der Waals surface area contributed by atoms with Crippen LogP contribution in [0.1, 0.15) is 12.1 Å². The van der Waals surface area contributed by atoms with E-state index >= 15 is 0 Å². The molecule has 0 saturated heterocycles. The second kappa shape index (κ2) is 3.58. The Bertz CT molecular complexity index is 481. The predicted octanol–water partition coefficient (Wildman–Crippen LogP) is 4.03. The van der Waals surface area contributed by atoms with Gasteiger partial charge in [0.15, 0.2) is 0 Å².